The molecule has 0 aromatic rings. The molecule has 0 bridgehead atoms. The highest BCUT2D eigenvalue weighted by Gasteiger charge is 2.19. The molecule has 0 fully saturated rings. The van der Waals surface area contributed by atoms with E-state index in [0.717, 1.165) is 89.9 Å². The van der Waals surface area contributed by atoms with Gasteiger partial charge in [-0.25, -0.2) is 0 Å². The van der Waals surface area contributed by atoms with Crippen LogP contribution in [0.1, 0.15) is 290 Å². The maximum Gasteiger partial charge on any atom is 0.306 e. The molecule has 378 valence electrons. The van der Waals surface area contributed by atoms with Gasteiger partial charge in [0.2, 0.25) is 0 Å². The third kappa shape index (κ3) is 52.2. The fourth-order valence-corrected chi connectivity index (χ4v) is 8.01. The van der Waals surface area contributed by atoms with E-state index in [1.54, 1.807) is 0 Å². The van der Waals surface area contributed by atoms with Crippen LogP contribution in [0.3, 0.4) is 0 Å². The first kappa shape index (κ1) is 62.4. The van der Waals surface area contributed by atoms with Crippen molar-refractivity contribution in [2.45, 2.75) is 297 Å². The summed E-state index contributed by atoms with van der Waals surface area (Å²) in [6, 6.07) is 0. The summed E-state index contributed by atoms with van der Waals surface area (Å²) in [5.74, 6) is -0.911. The molecular formula is C59H106O6. The van der Waals surface area contributed by atoms with Crippen LogP contribution in [0.2, 0.25) is 0 Å². The molecule has 0 aliphatic heterocycles. The van der Waals surface area contributed by atoms with Gasteiger partial charge in [0.05, 0.1) is 0 Å². The van der Waals surface area contributed by atoms with Crippen molar-refractivity contribution in [2.24, 2.45) is 0 Å². The van der Waals surface area contributed by atoms with Gasteiger partial charge in [0.1, 0.15) is 13.2 Å². The number of esters is 3. The quantitative estimate of drug-likeness (QED) is 0.0199. The molecular weight excluding hydrogens is 805 g/mol. The zero-order chi connectivity index (χ0) is 47.2. The van der Waals surface area contributed by atoms with Gasteiger partial charge in [-0.1, -0.05) is 223 Å². The van der Waals surface area contributed by atoms with E-state index in [0.29, 0.717) is 19.3 Å². The molecule has 1 unspecified atom stereocenters. The Morgan fingerprint density at radius 1 is 0.308 bits per heavy atom. The Bertz CT molecular complexity index is 1140. The van der Waals surface area contributed by atoms with E-state index in [1.807, 2.05) is 0 Å². The van der Waals surface area contributed by atoms with E-state index in [2.05, 4.69) is 69.4 Å². The summed E-state index contributed by atoms with van der Waals surface area (Å²) >= 11 is 0. The molecule has 6 heteroatoms. The van der Waals surface area contributed by atoms with Gasteiger partial charge < -0.3 is 14.2 Å². The monoisotopic (exact) mass is 911 g/mol. The Labute approximate surface area is 403 Å². The summed E-state index contributed by atoms with van der Waals surface area (Å²) in [5.41, 5.74) is 0. The van der Waals surface area contributed by atoms with Crippen LogP contribution < -0.4 is 0 Å². The number of carbonyl (C=O) groups excluding carboxylic acids is 3. The van der Waals surface area contributed by atoms with Crippen molar-refractivity contribution in [2.75, 3.05) is 13.2 Å². The lowest BCUT2D eigenvalue weighted by Gasteiger charge is -2.18. The molecule has 0 aromatic heterocycles. The Morgan fingerprint density at radius 2 is 0.554 bits per heavy atom. The minimum absolute atomic E-state index is 0.0858. The lowest BCUT2D eigenvalue weighted by atomic mass is 10.1. The predicted octanol–water partition coefficient (Wildman–Crippen LogP) is 18.7. The highest BCUT2D eigenvalue weighted by molar-refractivity contribution is 5.71. The Hall–Kier alpha value is -2.63. The SMILES string of the molecule is CCCCC/C=C\C=C/CCCCCCCCC(=O)OC(COC(=O)CCCCC/C=C\CCCCCCCCC)COC(=O)CCCCCCC/C=C\CCCCCCCCCCC. The van der Waals surface area contributed by atoms with Crippen LogP contribution in [-0.2, 0) is 28.6 Å². The van der Waals surface area contributed by atoms with Crippen molar-refractivity contribution in [1.82, 2.24) is 0 Å². The van der Waals surface area contributed by atoms with E-state index in [9.17, 15) is 14.4 Å². The lowest BCUT2D eigenvalue weighted by molar-refractivity contribution is -0.167. The predicted molar refractivity (Wildman–Crippen MR) is 279 cm³/mol. The van der Waals surface area contributed by atoms with E-state index in [4.69, 9.17) is 14.2 Å². The van der Waals surface area contributed by atoms with Crippen LogP contribution in [0.25, 0.3) is 0 Å². The first-order valence-electron chi connectivity index (χ1n) is 28.2. The van der Waals surface area contributed by atoms with Crippen molar-refractivity contribution in [3.8, 4) is 0 Å². The van der Waals surface area contributed by atoms with E-state index in [1.165, 1.54) is 161 Å². The minimum atomic E-state index is -0.788. The number of rotatable bonds is 51. The summed E-state index contributed by atoms with van der Waals surface area (Å²) < 4.78 is 16.8. The van der Waals surface area contributed by atoms with Gasteiger partial charge in [0, 0.05) is 19.3 Å². The average Bonchev–Trinajstić information content (AvgIpc) is 3.30. The number of hydrogen-bond acceptors (Lipinski definition) is 6. The molecule has 0 aromatic carbocycles. The molecule has 65 heavy (non-hydrogen) atoms. The maximum absolute atomic E-state index is 12.8. The standard InChI is InChI=1S/C59H106O6/c1-4-7-10-13-16-19-22-25-28-29-30-32-34-37-40-43-46-49-52-58(61)64-55-56(54-63-57(60)51-48-45-42-39-36-33-27-24-21-18-15-12-9-6-3)65-59(62)53-50-47-44-41-38-35-31-26-23-20-17-14-11-8-5-2/h17,20,23,26,30,32-33,36,56H,4-16,18-19,21-22,24-25,27-29,31,34-35,37-55H2,1-3H3/b20-17-,26-23-,32-30-,36-33-. The van der Waals surface area contributed by atoms with Crippen LogP contribution in [0.4, 0.5) is 0 Å². The van der Waals surface area contributed by atoms with Crippen LogP contribution in [-0.4, -0.2) is 37.2 Å². The van der Waals surface area contributed by atoms with Gasteiger partial charge in [-0.05, 0) is 96.3 Å². The van der Waals surface area contributed by atoms with Crippen molar-refractivity contribution in [1.29, 1.82) is 0 Å². The normalized spacial score (nSPS) is 12.4. The third-order valence-corrected chi connectivity index (χ3v) is 12.3. The number of ether oxygens (including phenoxy) is 3. The van der Waals surface area contributed by atoms with Crippen LogP contribution in [0.5, 0.6) is 0 Å². The second-order valence-corrected chi connectivity index (χ2v) is 18.9. The Morgan fingerprint density at radius 3 is 0.908 bits per heavy atom. The first-order chi connectivity index (χ1) is 32.0. The van der Waals surface area contributed by atoms with Gasteiger partial charge in [-0.2, -0.15) is 0 Å². The van der Waals surface area contributed by atoms with Crippen LogP contribution >= 0.6 is 0 Å². The summed E-state index contributed by atoms with van der Waals surface area (Å²) in [6.45, 7) is 6.60. The van der Waals surface area contributed by atoms with Crippen LogP contribution in [0.15, 0.2) is 48.6 Å². The molecule has 0 spiro atoms. The number of hydrogen-bond donors (Lipinski definition) is 0. The average molecular weight is 911 g/mol. The Balaban J connectivity index is 4.40. The van der Waals surface area contributed by atoms with Crippen LogP contribution in [0, 0.1) is 0 Å². The zero-order valence-corrected chi connectivity index (χ0v) is 43.3. The fraction of sp³-hybridized carbons (Fsp3) is 0.814. The summed E-state index contributed by atoms with van der Waals surface area (Å²) in [6.07, 6.45) is 65.2. The highest BCUT2D eigenvalue weighted by Crippen LogP contribution is 2.15. The van der Waals surface area contributed by atoms with Gasteiger partial charge in [0.15, 0.2) is 6.10 Å². The molecule has 0 aliphatic carbocycles. The summed E-state index contributed by atoms with van der Waals surface area (Å²) in [4.78, 5) is 38.1. The second kappa shape index (κ2) is 54.0. The smallest absolute Gasteiger partial charge is 0.306 e. The van der Waals surface area contributed by atoms with E-state index >= 15 is 0 Å². The molecule has 0 rings (SSSR count). The zero-order valence-electron chi connectivity index (χ0n) is 43.3. The molecule has 0 radical (unpaired) electrons. The largest absolute Gasteiger partial charge is 0.462 e. The number of unbranched alkanes of at least 4 members (excludes halogenated alkanes) is 33. The van der Waals surface area contributed by atoms with E-state index in [-0.39, 0.29) is 31.1 Å². The molecule has 1 atom stereocenters. The molecule has 6 nitrogen and oxygen atoms in total. The Kier molecular flexibility index (Phi) is 51.8. The van der Waals surface area contributed by atoms with Gasteiger partial charge in [0.25, 0.3) is 0 Å². The second-order valence-electron chi connectivity index (χ2n) is 18.9. The van der Waals surface area contributed by atoms with Crippen molar-refractivity contribution in [3.05, 3.63) is 48.6 Å². The summed E-state index contributed by atoms with van der Waals surface area (Å²) in [7, 11) is 0. The molecule has 0 aliphatic rings. The number of carbonyl (C=O) groups is 3. The van der Waals surface area contributed by atoms with Crippen molar-refractivity contribution in [3.63, 3.8) is 0 Å². The minimum Gasteiger partial charge on any atom is -0.462 e. The molecule has 0 amide bonds. The first-order valence-corrected chi connectivity index (χ1v) is 28.2. The molecule has 0 heterocycles. The van der Waals surface area contributed by atoms with Gasteiger partial charge in [-0.15, -0.1) is 0 Å². The molecule has 0 saturated carbocycles. The third-order valence-electron chi connectivity index (χ3n) is 12.3. The fourth-order valence-electron chi connectivity index (χ4n) is 8.01. The van der Waals surface area contributed by atoms with Gasteiger partial charge in [-0.3, -0.25) is 14.4 Å². The number of allylic oxidation sites excluding steroid dienone is 8. The molecule has 0 N–H and O–H groups in total. The lowest BCUT2D eigenvalue weighted by Crippen LogP contribution is -2.30. The maximum atomic E-state index is 12.8. The summed E-state index contributed by atoms with van der Waals surface area (Å²) in [5, 5.41) is 0. The van der Waals surface area contributed by atoms with Crippen molar-refractivity contribution < 1.29 is 28.6 Å². The van der Waals surface area contributed by atoms with Crippen molar-refractivity contribution >= 4 is 17.9 Å². The van der Waals surface area contributed by atoms with Gasteiger partial charge >= 0.3 is 17.9 Å². The topological polar surface area (TPSA) is 78.9 Å². The van der Waals surface area contributed by atoms with E-state index < -0.39 is 6.10 Å². The highest BCUT2D eigenvalue weighted by atomic mass is 16.6. The molecule has 0 saturated heterocycles.